The van der Waals surface area contributed by atoms with Gasteiger partial charge < -0.3 is 20.1 Å². The number of esters is 1. The highest BCUT2D eigenvalue weighted by atomic mass is 16.5. The summed E-state index contributed by atoms with van der Waals surface area (Å²) in [6, 6.07) is 9.16. The van der Waals surface area contributed by atoms with E-state index in [1.165, 1.54) is 32.4 Å². The molecular weight excluding hydrogens is 308 g/mol. The van der Waals surface area contributed by atoms with E-state index >= 15 is 0 Å². The summed E-state index contributed by atoms with van der Waals surface area (Å²) >= 11 is 0. The number of benzene rings is 1. The van der Waals surface area contributed by atoms with E-state index in [1.54, 1.807) is 6.92 Å². The Hall–Kier alpha value is -2.34. The Morgan fingerprint density at radius 2 is 1.92 bits per heavy atom. The van der Waals surface area contributed by atoms with Crippen molar-refractivity contribution in [2.75, 3.05) is 31.6 Å². The van der Waals surface area contributed by atoms with Gasteiger partial charge in [0.25, 0.3) is 0 Å². The van der Waals surface area contributed by atoms with Gasteiger partial charge in [-0.2, -0.15) is 0 Å². The summed E-state index contributed by atoms with van der Waals surface area (Å²) in [5, 5.41) is 6.18. The highest BCUT2D eigenvalue weighted by Gasteiger charge is 2.32. The standard InChI is InChI=1S/C13H13NO4.C5H11N/c1-2-17-13(16)11-10(15)8-18-12(11)14-9-6-4-3-5-7-9;1-2-4-6-5-3-1/h3-7,14H,2,8H2,1H3;6H,1-5H2. The van der Waals surface area contributed by atoms with Crippen LogP contribution in [-0.2, 0) is 19.1 Å². The monoisotopic (exact) mass is 332 g/mol. The van der Waals surface area contributed by atoms with Crippen molar-refractivity contribution in [1.29, 1.82) is 0 Å². The minimum Gasteiger partial charge on any atom is -0.470 e. The predicted octanol–water partition coefficient (Wildman–Crippen LogP) is 2.23. The second-order valence-electron chi connectivity index (χ2n) is 5.44. The van der Waals surface area contributed by atoms with Crippen LogP contribution in [0.1, 0.15) is 26.2 Å². The minimum atomic E-state index is -0.654. The van der Waals surface area contributed by atoms with Gasteiger partial charge in [0.15, 0.2) is 12.2 Å². The zero-order chi connectivity index (χ0) is 17.2. The van der Waals surface area contributed by atoms with Crippen LogP contribution in [0.2, 0.25) is 0 Å². The molecule has 0 unspecified atom stereocenters. The maximum Gasteiger partial charge on any atom is 0.347 e. The van der Waals surface area contributed by atoms with Crippen LogP contribution >= 0.6 is 0 Å². The van der Waals surface area contributed by atoms with Gasteiger partial charge in [-0.15, -0.1) is 0 Å². The summed E-state index contributed by atoms with van der Waals surface area (Å²) in [5.74, 6) is -0.866. The van der Waals surface area contributed by atoms with Crippen LogP contribution in [0.25, 0.3) is 0 Å². The lowest BCUT2D eigenvalue weighted by Gasteiger charge is -2.08. The Morgan fingerprint density at radius 1 is 1.21 bits per heavy atom. The SMILES string of the molecule is C1CCNCC1.CCOC(=O)C1=C(Nc2ccccc2)OCC1=O. The van der Waals surface area contributed by atoms with Gasteiger partial charge in [-0.3, -0.25) is 4.79 Å². The van der Waals surface area contributed by atoms with E-state index in [0.717, 1.165) is 5.69 Å². The molecule has 3 rings (SSSR count). The zero-order valence-electron chi connectivity index (χ0n) is 14.0. The lowest BCUT2D eigenvalue weighted by Crippen LogP contribution is -2.21. The second kappa shape index (κ2) is 9.72. The highest BCUT2D eigenvalue weighted by Crippen LogP contribution is 2.20. The minimum absolute atomic E-state index is 0.0549. The molecule has 24 heavy (non-hydrogen) atoms. The van der Waals surface area contributed by atoms with Gasteiger partial charge in [-0.1, -0.05) is 24.6 Å². The van der Waals surface area contributed by atoms with Crippen LogP contribution < -0.4 is 10.6 Å². The number of carbonyl (C=O) groups excluding carboxylic acids is 2. The fourth-order valence-electron chi connectivity index (χ4n) is 2.37. The summed E-state index contributed by atoms with van der Waals surface area (Å²) in [6.45, 7) is 4.26. The number of para-hydroxylation sites is 1. The molecule has 1 fully saturated rings. The van der Waals surface area contributed by atoms with E-state index in [-0.39, 0.29) is 30.5 Å². The van der Waals surface area contributed by atoms with Crippen molar-refractivity contribution in [3.8, 4) is 0 Å². The van der Waals surface area contributed by atoms with Crippen LogP contribution in [0, 0.1) is 0 Å². The number of ether oxygens (including phenoxy) is 2. The van der Waals surface area contributed by atoms with E-state index < -0.39 is 5.97 Å². The van der Waals surface area contributed by atoms with Gasteiger partial charge in [-0.05, 0) is 45.0 Å². The topological polar surface area (TPSA) is 76.7 Å². The van der Waals surface area contributed by atoms with E-state index in [4.69, 9.17) is 9.47 Å². The van der Waals surface area contributed by atoms with E-state index in [1.807, 2.05) is 30.3 Å². The maximum absolute atomic E-state index is 11.6. The van der Waals surface area contributed by atoms with Crippen molar-refractivity contribution in [3.63, 3.8) is 0 Å². The van der Waals surface area contributed by atoms with Crippen LogP contribution in [0.15, 0.2) is 41.8 Å². The van der Waals surface area contributed by atoms with Crippen molar-refractivity contribution in [1.82, 2.24) is 5.32 Å². The van der Waals surface area contributed by atoms with Gasteiger partial charge in [0, 0.05) is 5.69 Å². The second-order valence-corrected chi connectivity index (χ2v) is 5.44. The number of hydrogen-bond donors (Lipinski definition) is 2. The summed E-state index contributed by atoms with van der Waals surface area (Å²) in [7, 11) is 0. The molecule has 0 aromatic heterocycles. The number of rotatable bonds is 4. The molecule has 0 bridgehead atoms. The molecule has 0 aliphatic carbocycles. The Kier molecular flexibility index (Phi) is 7.29. The summed E-state index contributed by atoms with van der Waals surface area (Å²) in [6.07, 6.45) is 4.22. The number of piperidine rings is 1. The molecule has 2 aliphatic heterocycles. The predicted molar refractivity (Wildman–Crippen MR) is 91.4 cm³/mol. The van der Waals surface area contributed by atoms with Gasteiger partial charge in [0.05, 0.1) is 6.61 Å². The normalized spacial score (nSPS) is 16.8. The molecule has 1 aromatic rings. The molecule has 1 aromatic carbocycles. The summed E-state index contributed by atoms with van der Waals surface area (Å²) in [4.78, 5) is 23.2. The first kappa shape index (κ1) is 18.0. The number of anilines is 1. The zero-order valence-corrected chi connectivity index (χ0v) is 14.0. The quantitative estimate of drug-likeness (QED) is 0.650. The average molecular weight is 332 g/mol. The number of nitrogens with one attached hydrogen (secondary N) is 2. The van der Waals surface area contributed by atoms with Gasteiger partial charge >= 0.3 is 5.97 Å². The third-order valence-electron chi connectivity index (χ3n) is 3.57. The van der Waals surface area contributed by atoms with Crippen molar-refractivity contribution >= 4 is 17.4 Å². The smallest absolute Gasteiger partial charge is 0.347 e. The molecule has 0 amide bonds. The fraction of sp³-hybridized carbons (Fsp3) is 0.444. The van der Waals surface area contributed by atoms with Gasteiger partial charge in [-0.25, -0.2) is 4.79 Å². The van der Waals surface area contributed by atoms with Crippen molar-refractivity contribution in [2.24, 2.45) is 0 Å². The molecule has 2 aliphatic rings. The molecule has 0 spiro atoms. The summed E-state index contributed by atoms with van der Waals surface area (Å²) in [5.41, 5.74) is 0.685. The number of Topliss-reactive ketones (excluding diaryl/α,β-unsaturated/α-hetero) is 1. The molecule has 6 heteroatoms. The van der Waals surface area contributed by atoms with E-state index in [9.17, 15) is 9.59 Å². The lowest BCUT2D eigenvalue weighted by molar-refractivity contribution is -0.139. The third kappa shape index (κ3) is 5.38. The Morgan fingerprint density at radius 3 is 2.46 bits per heavy atom. The fourth-order valence-corrected chi connectivity index (χ4v) is 2.37. The van der Waals surface area contributed by atoms with Gasteiger partial charge in [0.1, 0.15) is 0 Å². The first-order chi connectivity index (χ1) is 11.7. The van der Waals surface area contributed by atoms with E-state index in [0.29, 0.717) is 0 Å². The molecule has 2 heterocycles. The maximum atomic E-state index is 11.6. The van der Waals surface area contributed by atoms with Crippen LogP contribution in [0.5, 0.6) is 0 Å². The molecule has 0 radical (unpaired) electrons. The first-order valence-electron chi connectivity index (χ1n) is 8.32. The lowest BCUT2D eigenvalue weighted by atomic mass is 10.2. The van der Waals surface area contributed by atoms with Crippen molar-refractivity contribution in [3.05, 3.63) is 41.8 Å². The van der Waals surface area contributed by atoms with Crippen molar-refractivity contribution < 1.29 is 19.1 Å². The summed E-state index contributed by atoms with van der Waals surface area (Å²) < 4.78 is 9.99. The number of hydrogen-bond acceptors (Lipinski definition) is 6. The molecule has 130 valence electrons. The van der Waals surface area contributed by atoms with Crippen LogP contribution in [-0.4, -0.2) is 38.1 Å². The highest BCUT2D eigenvalue weighted by molar-refractivity contribution is 6.19. The molecule has 6 nitrogen and oxygen atoms in total. The molecule has 0 atom stereocenters. The Labute approximate surface area is 142 Å². The van der Waals surface area contributed by atoms with Crippen LogP contribution in [0.3, 0.4) is 0 Å². The number of carbonyl (C=O) groups is 2. The van der Waals surface area contributed by atoms with E-state index in [2.05, 4.69) is 10.6 Å². The Balaban J connectivity index is 0.000000292. The number of ketones is 1. The third-order valence-corrected chi connectivity index (χ3v) is 3.57. The molecular formula is C18H24N2O4. The first-order valence-corrected chi connectivity index (χ1v) is 8.32. The van der Waals surface area contributed by atoms with Crippen LogP contribution in [0.4, 0.5) is 5.69 Å². The molecule has 0 saturated carbocycles. The average Bonchev–Trinajstić information content (AvgIpc) is 2.98. The largest absolute Gasteiger partial charge is 0.470 e. The Bertz CT molecular complexity index is 568. The molecule has 1 saturated heterocycles. The van der Waals surface area contributed by atoms with Crippen molar-refractivity contribution in [2.45, 2.75) is 26.2 Å². The van der Waals surface area contributed by atoms with Gasteiger partial charge in [0.2, 0.25) is 11.7 Å². The molecule has 2 N–H and O–H groups in total.